The van der Waals surface area contributed by atoms with Gasteiger partial charge in [-0.25, -0.2) is 0 Å². The van der Waals surface area contributed by atoms with E-state index in [0.717, 1.165) is 10.4 Å². The highest BCUT2D eigenvalue weighted by molar-refractivity contribution is 7.13. The molecule has 1 N–H and O–H groups in total. The number of thiophene rings is 1. The van der Waals surface area contributed by atoms with E-state index in [1.807, 2.05) is 23.6 Å². The second kappa shape index (κ2) is 8.30. The number of aromatic nitrogens is 2. The molecule has 0 aliphatic rings. The molecule has 3 rings (SSSR count). The zero-order valence-corrected chi connectivity index (χ0v) is 15.1. The lowest BCUT2D eigenvalue weighted by atomic mass is 10.2. The summed E-state index contributed by atoms with van der Waals surface area (Å²) in [5.74, 6) is 1.83. The molecule has 0 atom stereocenters. The van der Waals surface area contributed by atoms with Crippen LogP contribution in [0.1, 0.15) is 11.5 Å². The first kappa shape index (κ1) is 17.7. The van der Waals surface area contributed by atoms with Gasteiger partial charge in [0.2, 0.25) is 17.6 Å². The van der Waals surface area contributed by atoms with Crippen LogP contribution in [-0.2, 0) is 11.3 Å². The first-order valence-corrected chi connectivity index (χ1v) is 8.62. The maximum absolute atomic E-state index is 12.0. The number of amides is 1. The minimum Gasteiger partial charge on any atom is -0.493 e. The Bertz CT molecular complexity index is 903. The molecule has 8 heteroatoms. The Balaban J connectivity index is 1.56. The van der Waals surface area contributed by atoms with E-state index in [9.17, 15) is 4.79 Å². The summed E-state index contributed by atoms with van der Waals surface area (Å²) in [5, 5.41) is 8.54. The van der Waals surface area contributed by atoms with Crippen LogP contribution in [0.15, 0.2) is 46.3 Å². The monoisotopic (exact) mass is 371 g/mol. The van der Waals surface area contributed by atoms with Crippen LogP contribution >= 0.6 is 11.3 Å². The van der Waals surface area contributed by atoms with E-state index in [1.165, 1.54) is 17.4 Å². The number of methoxy groups -OCH3 is 2. The summed E-state index contributed by atoms with van der Waals surface area (Å²) in [7, 11) is 3.13. The third-order valence-corrected chi connectivity index (χ3v) is 4.32. The zero-order chi connectivity index (χ0) is 18.4. The predicted octanol–water partition coefficient (Wildman–Crippen LogP) is 3.14. The molecule has 7 nitrogen and oxygen atoms in total. The van der Waals surface area contributed by atoms with Crippen LogP contribution in [0.2, 0.25) is 0 Å². The summed E-state index contributed by atoms with van der Waals surface area (Å²) in [5.41, 5.74) is 0.815. The summed E-state index contributed by atoms with van der Waals surface area (Å²) >= 11 is 1.52. The Hall–Kier alpha value is -3.13. The van der Waals surface area contributed by atoms with Gasteiger partial charge in [0.25, 0.3) is 0 Å². The number of nitrogens with one attached hydrogen (secondary N) is 1. The van der Waals surface area contributed by atoms with Crippen LogP contribution in [0.5, 0.6) is 11.5 Å². The molecule has 0 saturated carbocycles. The Labute approximate surface area is 154 Å². The van der Waals surface area contributed by atoms with Gasteiger partial charge in [0.1, 0.15) is 0 Å². The van der Waals surface area contributed by atoms with Gasteiger partial charge >= 0.3 is 0 Å². The van der Waals surface area contributed by atoms with E-state index in [2.05, 4.69) is 15.5 Å². The van der Waals surface area contributed by atoms with Gasteiger partial charge in [0.15, 0.2) is 11.5 Å². The van der Waals surface area contributed by atoms with Gasteiger partial charge < -0.3 is 19.3 Å². The Morgan fingerprint density at radius 1 is 1.27 bits per heavy atom. The maximum atomic E-state index is 12.0. The SMILES string of the molecule is COc1ccc(/C=C/C(=O)NCc2nc(-c3cccs3)no2)cc1OC. The van der Waals surface area contributed by atoms with Crippen LogP contribution < -0.4 is 14.8 Å². The van der Waals surface area contributed by atoms with E-state index >= 15 is 0 Å². The molecule has 1 aromatic carbocycles. The molecule has 2 aromatic heterocycles. The van der Waals surface area contributed by atoms with Crippen molar-refractivity contribution in [3.8, 4) is 22.2 Å². The van der Waals surface area contributed by atoms with Crippen molar-refractivity contribution in [3.05, 3.63) is 53.2 Å². The molecular weight excluding hydrogens is 354 g/mol. The number of carbonyl (C=O) groups excluding carboxylic acids is 1. The summed E-state index contributed by atoms with van der Waals surface area (Å²) in [6, 6.07) is 9.21. The van der Waals surface area contributed by atoms with E-state index < -0.39 is 0 Å². The van der Waals surface area contributed by atoms with E-state index in [-0.39, 0.29) is 12.5 Å². The van der Waals surface area contributed by atoms with Gasteiger partial charge in [-0.3, -0.25) is 4.79 Å². The lowest BCUT2D eigenvalue weighted by molar-refractivity contribution is -0.116. The minimum atomic E-state index is -0.268. The standard InChI is InChI=1S/C18H17N3O4S/c1-23-13-7-5-12(10-14(13)24-2)6-8-16(22)19-11-17-20-18(21-25-17)15-4-3-9-26-15/h3-10H,11H2,1-2H3,(H,19,22)/b8-6+. The molecule has 134 valence electrons. The number of nitrogens with zero attached hydrogens (tertiary/aromatic N) is 2. The van der Waals surface area contributed by atoms with Crippen molar-refractivity contribution in [1.82, 2.24) is 15.5 Å². The smallest absolute Gasteiger partial charge is 0.246 e. The number of carbonyl (C=O) groups is 1. The molecule has 0 radical (unpaired) electrons. The summed E-state index contributed by atoms with van der Waals surface area (Å²) in [6.45, 7) is 0.160. The highest BCUT2D eigenvalue weighted by Gasteiger charge is 2.09. The molecule has 0 unspecified atom stereocenters. The van der Waals surface area contributed by atoms with Gasteiger partial charge in [-0.15, -0.1) is 11.3 Å². The van der Waals surface area contributed by atoms with Gasteiger partial charge in [-0.1, -0.05) is 17.3 Å². The van der Waals surface area contributed by atoms with Crippen LogP contribution in [0, 0.1) is 0 Å². The van der Waals surface area contributed by atoms with E-state index in [1.54, 1.807) is 32.4 Å². The van der Waals surface area contributed by atoms with Crippen molar-refractivity contribution in [3.63, 3.8) is 0 Å². The molecule has 2 heterocycles. The molecule has 0 aliphatic carbocycles. The lowest BCUT2D eigenvalue weighted by Gasteiger charge is -2.07. The molecular formula is C18H17N3O4S. The van der Waals surface area contributed by atoms with Crippen LogP contribution in [0.25, 0.3) is 16.8 Å². The van der Waals surface area contributed by atoms with Crippen LogP contribution in [0.3, 0.4) is 0 Å². The van der Waals surface area contributed by atoms with Crippen molar-refractivity contribution < 1.29 is 18.8 Å². The number of ether oxygens (including phenoxy) is 2. The quantitative estimate of drug-likeness (QED) is 0.642. The molecule has 0 spiro atoms. The van der Waals surface area contributed by atoms with E-state index in [4.69, 9.17) is 14.0 Å². The molecule has 26 heavy (non-hydrogen) atoms. The van der Waals surface area contributed by atoms with Gasteiger partial charge in [0.05, 0.1) is 25.6 Å². The first-order chi connectivity index (χ1) is 12.7. The molecule has 0 aliphatic heterocycles. The fourth-order valence-corrected chi connectivity index (χ4v) is 2.83. The summed E-state index contributed by atoms with van der Waals surface area (Å²) in [6.07, 6.45) is 3.11. The van der Waals surface area contributed by atoms with Crippen molar-refractivity contribution >= 4 is 23.3 Å². The topological polar surface area (TPSA) is 86.5 Å². The highest BCUT2D eigenvalue weighted by Crippen LogP contribution is 2.28. The van der Waals surface area contributed by atoms with E-state index in [0.29, 0.717) is 23.2 Å². The van der Waals surface area contributed by atoms with Crippen LogP contribution in [-0.4, -0.2) is 30.3 Å². The van der Waals surface area contributed by atoms with Gasteiger partial charge in [0, 0.05) is 6.08 Å². The molecule has 1 amide bonds. The highest BCUT2D eigenvalue weighted by atomic mass is 32.1. The average molecular weight is 371 g/mol. The number of hydrogen-bond acceptors (Lipinski definition) is 7. The fraction of sp³-hybridized carbons (Fsp3) is 0.167. The van der Waals surface area contributed by atoms with Crippen molar-refractivity contribution in [2.24, 2.45) is 0 Å². The number of benzene rings is 1. The third kappa shape index (κ3) is 4.28. The normalized spacial score (nSPS) is 10.8. The van der Waals surface area contributed by atoms with Crippen LogP contribution in [0.4, 0.5) is 0 Å². The molecule has 0 saturated heterocycles. The lowest BCUT2D eigenvalue weighted by Crippen LogP contribution is -2.20. The molecule has 0 bridgehead atoms. The number of hydrogen-bond donors (Lipinski definition) is 1. The zero-order valence-electron chi connectivity index (χ0n) is 14.3. The predicted molar refractivity (Wildman–Crippen MR) is 98.0 cm³/mol. The summed E-state index contributed by atoms with van der Waals surface area (Å²) in [4.78, 5) is 17.1. The van der Waals surface area contributed by atoms with Gasteiger partial charge in [-0.05, 0) is 35.2 Å². The minimum absolute atomic E-state index is 0.160. The van der Waals surface area contributed by atoms with Crippen molar-refractivity contribution in [2.45, 2.75) is 6.54 Å². The third-order valence-electron chi connectivity index (χ3n) is 3.46. The van der Waals surface area contributed by atoms with Crippen molar-refractivity contribution in [1.29, 1.82) is 0 Å². The number of rotatable bonds is 7. The Morgan fingerprint density at radius 3 is 2.85 bits per heavy atom. The Kier molecular flexibility index (Phi) is 5.65. The maximum Gasteiger partial charge on any atom is 0.246 e. The molecule has 0 fully saturated rings. The van der Waals surface area contributed by atoms with Gasteiger partial charge in [-0.2, -0.15) is 4.98 Å². The van der Waals surface area contributed by atoms with Crippen molar-refractivity contribution in [2.75, 3.05) is 14.2 Å². The largest absolute Gasteiger partial charge is 0.493 e. The summed E-state index contributed by atoms with van der Waals surface area (Å²) < 4.78 is 15.6. The second-order valence-electron chi connectivity index (χ2n) is 5.15. The first-order valence-electron chi connectivity index (χ1n) is 7.74. The average Bonchev–Trinajstić information content (AvgIpc) is 3.35. The molecule has 3 aromatic rings. The second-order valence-corrected chi connectivity index (χ2v) is 6.10. The Morgan fingerprint density at radius 2 is 2.12 bits per heavy atom. The fourth-order valence-electron chi connectivity index (χ4n) is 2.18.